The third-order valence-electron chi connectivity index (χ3n) is 4.44. The number of benzene rings is 1. The van der Waals surface area contributed by atoms with Crippen molar-refractivity contribution < 1.29 is 0 Å². The number of aromatic nitrogens is 2. The van der Waals surface area contributed by atoms with E-state index in [4.69, 9.17) is 0 Å². The molecule has 0 saturated heterocycles. The number of fused-ring (bicyclic) bond motifs is 1. The molecule has 2 heterocycles. The summed E-state index contributed by atoms with van der Waals surface area (Å²) in [4.78, 5) is 4.61. The van der Waals surface area contributed by atoms with Crippen molar-refractivity contribution in [3.05, 3.63) is 59.5 Å². The fourth-order valence-electron chi connectivity index (χ4n) is 2.88. The van der Waals surface area contributed by atoms with Gasteiger partial charge >= 0.3 is 0 Å². The van der Waals surface area contributed by atoms with Crippen LogP contribution in [0, 0.1) is 0 Å². The summed E-state index contributed by atoms with van der Waals surface area (Å²) < 4.78 is 5.80. The van der Waals surface area contributed by atoms with Crippen molar-refractivity contribution in [3.8, 4) is 0 Å². The van der Waals surface area contributed by atoms with Crippen molar-refractivity contribution >= 4 is 21.6 Å². The van der Waals surface area contributed by atoms with Crippen LogP contribution in [0.25, 0.3) is 10.1 Å². The van der Waals surface area contributed by atoms with Gasteiger partial charge in [-0.2, -0.15) is 4.37 Å². The van der Waals surface area contributed by atoms with Crippen molar-refractivity contribution in [2.24, 2.45) is 0 Å². The van der Waals surface area contributed by atoms with Crippen molar-refractivity contribution in [1.29, 1.82) is 0 Å². The minimum atomic E-state index is 0.711. The predicted molar refractivity (Wildman–Crippen MR) is 91.0 cm³/mol. The van der Waals surface area contributed by atoms with Gasteiger partial charge in [-0.3, -0.25) is 4.98 Å². The molecule has 4 rings (SSSR count). The van der Waals surface area contributed by atoms with E-state index in [1.165, 1.54) is 40.6 Å². The van der Waals surface area contributed by atoms with E-state index in [0.29, 0.717) is 5.92 Å². The van der Waals surface area contributed by atoms with Crippen LogP contribution in [0.4, 0.5) is 0 Å². The van der Waals surface area contributed by atoms with E-state index in [9.17, 15) is 0 Å². The molecule has 0 atom stereocenters. The zero-order valence-corrected chi connectivity index (χ0v) is 13.3. The van der Waals surface area contributed by atoms with Gasteiger partial charge in [-0.05, 0) is 42.1 Å². The largest absolute Gasteiger partial charge is 0.307 e. The molecule has 1 aromatic carbocycles. The van der Waals surface area contributed by atoms with Gasteiger partial charge in [0.15, 0.2) is 0 Å². The minimum Gasteiger partial charge on any atom is -0.307 e. The molecule has 112 valence electrons. The standard InChI is InChI=1S/C18H19N3S/c1-2-7-18-15(6-1)17(21-22-18)12-19-10-13-8-9-16(20-11-13)14-4-3-5-14/h1-2,6-9,11,14,19H,3-5,10,12H2. The Hall–Kier alpha value is -1.78. The van der Waals surface area contributed by atoms with Crippen LogP contribution < -0.4 is 5.32 Å². The molecule has 4 heteroatoms. The molecular weight excluding hydrogens is 290 g/mol. The summed E-state index contributed by atoms with van der Waals surface area (Å²) >= 11 is 1.57. The second-order valence-electron chi connectivity index (χ2n) is 5.95. The van der Waals surface area contributed by atoms with Gasteiger partial charge < -0.3 is 5.32 Å². The maximum Gasteiger partial charge on any atom is 0.0758 e. The molecule has 3 aromatic rings. The van der Waals surface area contributed by atoms with Crippen LogP contribution in [0.3, 0.4) is 0 Å². The Morgan fingerprint density at radius 1 is 1.09 bits per heavy atom. The van der Waals surface area contributed by atoms with Gasteiger partial charge in [-0.1, -0.05) is 30.7 Å². The number of pyridine rings is 1. The maximum absolute atomic E-state index is 4.61. The van der Waals surface area contributed by atoms with Crippen molar-refractivity contribution in [2.75, 3.05) is 0 Å². The summed E-state index contributed by atoms with van der Waals surface area (Å²) in [6, 6.07) is 12.8. The average Bonchev–Trinajstić information content (AvgIpc) is 2.91. The first-order chi connectivity index (χ1) is 10.9. The lowest BCUT2D eigenvalue weighted by molar-refractivity contribution is 0.411. The molecule has 1 saturated carbocycles. The quantitative estimate of drug-likeness (QED) is 0.765. The Morgan fingerprint density at radius 3 is 2.77 bits per heavy atom. The average molecular weight is 309 g/mol. The molecule has 0 unspecified atom stereocenters. The fraction of sp³-hybridized carbons (Fsp3) is 0.333. The van der Waals surface area contributed by atoms with Crippen molar-refractivity contribution in [1.82, 2.24) is 14.7 Å². The first-order valence-electron chi connectivity index (χ1n) is 7.89. The SMILES string of the molecule is c1ccc2c(CNCc3ccc(C4CCC4)nc3)nsc2c1. The fourth-order valence-corrected chi connectivity index (χ4v) is 3.67. The first-order valence-corrected chi connectivity index (χ1v) is 8.66. The summed E-state index contributed by atoms with van der Waals surface area (Å²) in [6.07, 6.45) is 5.99. The number of hydrogen-bond donors (Lipinski definition) is 1. The van der Waals surface area contributed by atoms with Gasteiger partial charge in [0, 0.05) is 36.3 Å². The van der Waals surface area contributed by atoms with E-state index in [0.717, 1.165) is 18.8 Å². The lowest BCUT2D eigenvalue weighted by Gasteiger charge is -2.24. The maximum atomic E-state index is 4.61. The minimum absolute atomic E-state index is 0.711. The van der Waals surface area contributed by atoms with E-state index in [1.807, 2.05) is 6.20 Å². The molecule has 2 aromatic heterocycles. The highest BCUT2D eigenvalue weighted by atomic mass is 32.1. The molecule has 1 N–H and O–H groups in total. The molecule has 0 radical (unpaired) electrons. The molecule has 1 aliphatic rings. The van der Waals surface area contributed by atoms with Crippen LogP contribution in [-0.4, -0.2) is 9.36 Å². The highest BCUT2D eigenvalue weighted by Gasteiger charge is 2.20. The molecule has 0 bridgehead atoms. The molecule has 22 heavy (non-hydrogen) atoms. The summed E-state index contributed by atoms with van der Waals surface area (Å²) in [5.74, 6) is 0.711. The molecule has 1 fully saturated rings. The van der Waals surface area contributed by atoms with Gasteiger partial charge in [-0.25, -0.2) is 0 Å². The molecular formula is C18H19N3S. The van der Waals surface area contributed by atoms with E-state index in [1.54, 1.807) is 11.5 Å². The Bertz CT molecular complexity index is 759. The summed E-state index contributed by atoms with van der Waals surface area (Å²) in [5.41, 5.74) is 3.64. The first kappa shape index (κ1) is 13.9. The molecule has 1 aliphatic carbocycles. The Balaban J connectivity index is 1.36. The smallest absolute Gasteiger partial charge is 0.0758 e. The Morgan fingerprint density at radius 2 is 2.00 bits per heavy atom. The van der Waals surface area contributed by atoms with Crippen molar-refractivity contribution in [2.45, 2.75) is 38.3 Å². The van der Waals surface area contributed by atoms with Gasteiger partial charge in [-0.15, -0.1) is 0 Å². The number of nitrogens with one attached hydrogen (secondary N) is 1. The van der Waals surface area contributed by atoms with E-state index in [2.05, 4.69) is 51.1 Å². The van der Waals surface area contributed by atoms with Crippen LogP contribution >= 0.6 is 11.5 Å². The highest BCUT2D eigenvalue weighted by molar-refractivity contribution is 7.13. The number of nitrogens with zero attached hydrogens (tertiary/aromatic N) is 2. The van der Waals surface area contributed by atoms with Crippen LogP contribution in [0.2, 0.25) is 0 Å². The van der Waals surface area contributed by atoms with E-state index >= 15 is 0 Å². The van der Waals surface area contributed by atoms with Crippen LogP contribution in [-0.2, 0) is 13.1 Å². The van der Waals surface area contributed by atoms with Gasteiger partial charge in [0.05, 0.1) is 10.4 Å². The third kappa shape index (κ3) is 2.76. The van der Waals surface area contributed by atoms with Crippen molar-refractivity contribution in [3.63, 3.8) is 0 Å². The van der Waals surface area contributed by atoms with Crippen LogP contribution in [0.15, 0.2) is 42.6 Å². The third-order valence-corrected chi connectivity index (χ3v) is 5.31. The zero-order chi connectivity index (χ0) is 14.8. The molecule has 0 aliphatic heterocycles. The summed E-state index contributed by atoms with van der Waals surface area (Å²) in [7, 11) is 0. The Labute approximate surface area is 134 Å². The van der Waals surface area contributed by atoms with E-state index in [-0.39, 0.29) is 0 Å². The van der Waals surface area contributed by atoms with Gasteiger partial charge in [0.2, 0.25) is 0 Å². The topological polar surface area (TPSA) is 37.8 Å². The summed E-state index contributed by atoms with van der Waals surface area (Å²) in [6.45, 7) is 1.64. The van der Waals surface area contributed by atoms with Gasteiger partial charge in [0.25, 0.3) is 0 Å². The normalized spacial score (nSPS) is 15.1. The molecule has 0 amide bonds. The molecule has 0 spiro atoms. The lowest BCUT2D eigenvalue weighted by Crippen LogP contribution is -2.14. The highest BCUT2D eigenvalue weighted by Crippen LogP contribution is 2.34. The second-order valence-corrected chi connectivity index (χ2v) is 6.75. The number of rotatable bonds is 5. The van der Waals surface area contributed by atoms with Gasteiger partial charge in [0.1, 0.15) is 0 Å². The molecule has 3 nitrogen and oxygen atoms in total. The lowest BCUT2D eigenvalue weighted by atomic mass is 9.82. The predicted octanol–water partition coefficient (Wildman–Crippen LogP) is 4.25. The zero-order valence-electron chi connectivity index (χ0n) is 12.5. The van der Waals surface area contributed by atoms with Crippen LogP contribution in [0.1, 0.15) is 42.1 Å². The number of hydrogen-bond acceptors (Lipinski definition) is 4. The van der Waals surface area contributed by atoms with Crippen LogP contribution in [0.5, 0.6) is 0 Å². The monoisotopic (exact) mass is 309 g/mol. The summed E-state index contributed by atoms with van der Waals surface area (Å²) in [5, 5.41) is 4.74. The Kier molecular flexibility index (Phi) is 3.87. The van der Waals surface area contributed by atoms with E-state index < -0.39 is 0 Å². The second kappa shape index (κ2) is 6.15.